The Morgan fingerprint density at radius 2 is 1.61 bits per heavy atom. The van der Waals surface area contributed by atoms with Gasteiger partial charge in [-0.15, -0.1) is 0 Å². The van der Waals surface area contributed by atoms with E-state index in [2.05, 4.69) is 5.32 Å². The Bertz CT molecular complexity index is 1050. The molecule has 1 N–H and O–H groups in total. The molecule has 0 aromatic heterocycles. The van der Waals surface area contributed by atoms with Crippen molar-refractivity contribution in [3.8, 4) is 17.2 Å². The van der Waals surface area contributed by atoms with Gasteiger partial charge in [0.15, 0.2) is 18.1 Å². The van der Waals surface area contributed by atoms with Gasteiger partial charge in [-0.25, -0.2) is 4.79 Å². The first-order chi connectivity index (χ1) is 15.2. The maximum absolute atomic E-state index is 12.2. The average molecular weight is 419 g/mol. The van der Waals surface area contributed by atoms with Gasteiger partial charge >= 0.3 is 5.97 Å². The van der Waals surface area contributed by atoms with Gasteiger partial charge in [-0.2, -0.15) is 0 Å². The Hall–Kier alpha value is -4.00. The summed E-state index contributed by atoms with van der Waals surface area (Å²) in [4.78, 5) is 24.3. The second-order valence-corrected chi connectivity index (χ2v) is 6.78. The lowest BCUT2D eigenvalue weighted by atomic mass is 10.2. The molecule has 0 unspecified atom stereocenters. The van der Waals surface area contributed by atoms with Crippen molar-refractivity contribution < 1.29 is 28.5 Å². The Balaban J connectivity index is 1.25. The molecule has 31 heavy (non-hydrogen) atoms. The minimum atomic E-state index is -0.591. The highest BCUT2D eigenvalue weighted by Gasteiger charge is 2.14. The molecule has 1 heterocycles. The van der Waals surface area contributed by atoms with Crippen molar-refractivity contribution in [2.45, 2.75) is 6.61 Å². The molecule has 7 heteroatoms. The average Bonchev–Trinajstić information content (AvgIpc) is 2.82. The number of benzene rings is 3. The van der Waals surface area contributed by atoms with E-state index < -0.39 is 18.5 Å². The monoisotopic (exact) mass is 419 g/mol. The fourth-order valence-corrected chi connectivity index (χ4v) is 2.96. The standard InChI is InChI=1S/C24H21NO6/c26-23(25-19-8-11-21-22(14-19)29-13-12-28-21)16-31-24(27)18-6-9-20(10-7-18)30-15-17-4-2-1-3-5-17/h1-11,14H,12-13,15-16H2,(H,25,26). The Labute approximate surface area is 179 Å². The fourth-order valence-electron chi connectivity index (χ4n) is 2.96. The highest BCUT2D eigenvalue weighted by molar-refractivity contribution is 5.95. The van der Waals surface area contributed by atoms with Crippen LogP contribution in [0.15, 0.2) is 72.8 Å². The number of esters is 1. The summed E-state index contributed by atoms with van der Waals surface area (Å²) in [6, 6.07) is 21.4. The van der Waals surface area contributed by atoms with Crippen LogP contribution >= 0.6 is 0 Å². The number of hydrogen-bond donors (Lipinski definition) is 1. The van der Waals surface area contributed by atoms with Gasteiger partial charge in [0.2, 0.25) is 0 Å². The third-order valence-electron chi connectivity index (χ3n) is 4.50. The zero-order valence-electron chi connectivity index (χ0n) is 16.7. The van der Waals surface area contributed by atoms with Crippen molar-refractivity contribution in [2.75, 3.05) is 25.1 Å². The number of amides is 1. The van der Waals surface area contributed by atoms with Gasteiger partial charge in [0.05, 0.1) is 5.56 Å². The second-order valence-electron chi connectivity index (χ2n) is 6.78. The first-order valence-electron chi connectivity index (χ1n) is 9.81. The lowest BCUT2D eigenvalue weighted by Gasteiger charge is -2.19. The number of rotatable bonds is 7. The van der Waals surface area contributed by atoms with E-state index in [1.54, 1.807) is 42.5 Å². The van der Waals surface area contributed by atoms with Crippen LogP contribution < -0.4 is 19.5 Å². The number of carbonyl (C=O) groups is 2. The summed E-state index contributed by atoms with van der Waals surface area (Å²) in [5.41, 5.74) is 1.92. The molecule has 0 saturated heterocycles. The number of nitrogens with one attached hydrogen (secondary N) is 1. The molecule has 0 bridgehead atoms. The number of anilines is 1. The molecule has 0 spiro atoms. The van der Waals surface area contributed by atoms with E-state index in [1.165, 1.54) is 0 Å². The summed E-state index contributed by atoms with van der Waals surface area (Å²) < 4.78 is 21.7. The van der Waals surface area contributed by atoms with Crippen molar-refractivity contribution in [1.82, 2.24) is 0 Å². The predicted octanol–water partition coefficient (Wildman–Crippen LogP) is 3.83. The van der Waals surface area contributed by atoms with E-state index in [4.69, 9.17) is 18.9 Å². The van der Waals surface area contributed by atoms with Crippen molar-refractivity contribution in [2.24, 2.45) is 0 Å². The van der Waals surface area contributed by atoms with Crippen molar-refractivity contribution in [3.05, 3.63) is 83.9 Å². The normalized spacial score (nSPS) is 12.0. The molecule has 158 valence electrons. The van der Waals surface area contributed by atoms with E-state index in [1.807, 2.05) is 30.3 Å². The molecule has 1 amide bonds. The van der Waals surface area contributed by atoms with Crippen molar-refractivity contribution in [3.63, 3.8) is 0 Å². The molecular weight excluding hydrogens is 398 g/mol. The number of fused-ring (bicyclic) bond motifs is 1. The molecule has 0 saturated carbocycles. The molecule has 0 atom stereocenters. The highest BCUT2D eigenvalue weighted by atomic mass is 16.6. The summed E-state index contributed by atoms with van der Waals surface area (Å²) >= 11 is 0. The summed E-state index contributed by atoms with van der Waals surface area (Å²) in [6.45, 7) is 0.983. The van der Waals surface area contributed by atoms with Gasteiger partial charge in [-0.3, -0.25) is 4.79 Å². The minimum Gasteiger partial charge on any atom is -0.489 e. The van der Waals surface area contributed by atoms with Crippen LogP contribution in [-0.2, 0) is 16.1 Å². The van der Waals surface area contributed by atoms with Gasteiger partial charge in [0.25, 0.3) is 5.91 Å². The maximum Gasteiger partial charge on any atom is 0.338 e. The smallest absolute Gasteiger partial charge is 0.338 e. The van der Waals surface area contributed by atoms with Crippen LogP contribution in [0.25, 0.3) is 0 Å². The first-order valence-corrected chi connectivity index (χ1v) is 9.81. The molecule has 0 radical (unpaired) electrons. The second kappa shape index (κ2) is 9.67. The minimum absolute atomic E-state index is 0.333. The SMILES string of the molecule is O=C(COC(=O)c1ccc(OCc2ccccc2)cc1)Nc1ccc2c(c1)OCCO2. The van der Waals surface area contributed by atoms with Gasteiger partial charge < -0.3 is 24.3 Å². The molecule has 0 aliphatic carbocycles. The number of hydrogen-bond acceptors (Lipinski definition) is 6. The molecule has 3 aromatic carbocycles. The predicted molar refractivity (Wildman–Crippen MR) is 114 cm³/mol. The molecule has 1 aliphatic rings. The van der Waals surface area contributed by atoms with Gasteiger partial charge in [0.1, 0.15) is 25.6 Å². The zero-order chi connectivity index (χ0) is 21.5. The van der Waals surface area contributed by atoms with Crippen LogP contribution in [0.1, 0.15) is 15.9 Å². The maximum atomic E-state index is 12.2. The van der Waals surface area contributed by atoms with E-state index in [-0.39, 0.29) is 0 Å². The molecule has 0 fully saturated rings. The number of carbonyl (C=O) groups excluding carboxylic acids is 2. The largest absolute Gasteiger partial charge is 0.489 e. The van der Waals surface area contributed by atoms with Crippen LogP contribution in [0.3, 0.4) is 0 Å². The summed E-state index contributed by atoms with van der Waals surface area (Å²) in [6.07, 6.45) is 0. The van der Waals surface area contributed by atoms with E-state index in [0.717, 1.165) is 5.56 Å². The van der Waals surface area contributed by atoms with Gasteiger partial charge in [-0.05, 0) is 42.0 Å². The highest BCUT2D eigenvalue weighted by Crippen LogP contribution is 2.32. The molecular formula is C24H21NO6. The fraction of sp³-hybridized carbons (Fsp3) is 0.167. The summed E-state index contributed by atoms with van der Waals surface area (Å²) in [5, 5.41) is 2.67. The molecule has 3 aromatic rings. The third-order valence-corrected chi connectivity index (χ3v) is 4.50. The molecule has 7 nitrogen and oxygen atoms in total. The van der Waals surface area contributed by atoms with Gasteiger partial charge in [0, 0.05) is 11.8 Å². The number of ether oxygens (including phenoxy) is 4. The van der Waals surface area contributed by atoms with Crippen LogP contribution in [0, 0.1) is 0 Å². The third kappa shape index (κ3) is 5.54. The first kappa shape index (κ1) is 20.3. The Morgan fingerprint density at radius 1 is 0.871 bits per heavy atom. The Morgan fingerprint density at radius 3 is 2.39 bits per heavy atom. The lowest BCUT2D eigenvalue weighted by molar-refractivity contribution is -0.119. The van der Waals surface area contributed by atoms with E-state index in [0.29, 0.717) is 48.3 Å². The van der Waals surface area contributed by atoms with Crippen molar-refractivity contribution in [1.29, 1.82) is 0 Å². The Kier molecular flexibility index (Phi) is 6.32. The van der Waals surface area contributed by atoms with Crippen LogP contribution in [0.4, 0.5) is 5.69 Å². The molecule has 1 aliphatic heterocycles. The van der Waals surface area contributed by atoms with E-state index in [9.17, 15) is 9.59 Å². The topological polar surface area (TPSA) is 83.1 Å². The molecule has 4 rings (SSSR count). The lowest BCUT2D eigenvalue weighted by Crippen LogP contribution is -2.21. The van der Waals surface area contributed by atoms with E-state index >= 15 is 0 Å². The zero-order valence-corrected chi connectivity index (χ0v) is 16.7. The summed E-state index contributed by atoms with van der Waals surface area (Å²) in [5.74, 6) is 0.791. The quantitative estimate of drug-likeness (QED) is 0.586. The van der Waals surface area contributed by atoms with Gasteiger partial charge in [-0.1, -0.05) is 30.3 Å². The van der Waals surface area contributed by atoms with Crippen molar-refractivity contribution >= 4 is 17.6 Å². The van der Waals surface area contributed by atoms with Crippen LogP contribution in [-0.4, -0.2) is 31.7 Å². The van der Waals surface area contributed by atoms with Crippen LogP contribution in [0.5, 0.6) is 17.2 Å². The summed E-state index contributed by atoms with van der Waals surface area (Å²) in [7, 11) is 0. The van der Waals surface area contributed by atoms with Crippen LogP contribution in [0.2, 0.25) is 0 Å².